The molecule has 112 valence electrons. The van der Waals surface area contributed by atoms with Gasteiger partial charge in [-0.15, -0.1) is 0 Å². The number of carbonyl (C=O) groups is 3. The van der Waals surface area contributed by atoms with Gasteiger partial charge in [-0.05, 0) is 24.7 Å². The molecule has 0 saturated carbocycles. The first-order valence-corrected chi connectivity index (χ1v) is 7.98. The van der Waals surface area contributed by atoms with E-state index < -0.39 is 17.9 Å². The smallest absolute Gasteiger partial charge is 0.249 e. The highest BCUT2D eigenvalue weighted by atomic mass is 32.2. The van der Waals surface area contributed by atoms with Gasteiger partial charge in [0.25, 0.3) is 0 Å². The molecule has 1 aliphatic heterocycles. The molecular weight excluding hydrogens is 288 g/mol. The third-order valence-electron chi connectivity index (χ3n) is 3.35. The standard InChI is InChI=1S/C15H18N2O3S/c1-11-15(20)16-13(18)9-17(11)14(19)10-21-8-7-12-5-3-2-4-6-12/h2-6,11H,7-10H2,1H3,(H,16,18,20). The maximum Gasteiger partial charge on any atom is 0.249 e. The van der Waals surface area contributed by atoms with E-state index >= 15 is 0 Å². The summed E-state index contributed by atoms with van der Waals surface area (Å²) in [5.74, 6) is 0.133. The lowest BCUT2D eigenvalue weighted by molar-refractivity contribution is -0.148. The molecule has 5 nitrogen and oxygen atoms in total. The van der Waals surface area contributed by atoms with Gasteiger partial charge in [0.15, 0.2) is 0 Å². The van der Waals surface area contributed by atoms with Crippen molar-refractivity contribution in [3.8, 4) is 0 Å². The molecule has 1 saturated heterocycles. The van der Waals surface area contributed by atoms with Crippen molar-refractivity contribution in [3.63, 3.8) is 0 Å². The van der Waals surface area contributed by atoms with E-state index in [1.54, 1.807) is 6.92 Å². The molecule has 6 heteroatoms. The summed E-state index contributed by atoms with van der Waals surface area (Å²) in [5.41, 5.74) is 1.23. The van der Waals surface area contributed by atoms with Gasteiger partial charge in [-0.1, -0.05) is 30.3 Å². The molecule has 0 aromatic heterocycles. The Morgan fingerprint density at radius 3 is 2.76 bits per heavy atom. The predicted octanol–water partition coefficient (Wildman–Crippen LogP) is 0.836. The van der Waals surface area contributed by atoms with Crippen LogP contribution < -0.4 is 5.32 Å². The minimum Gasteiger partial charge on any atom is -0.321 e. The molecule has 1 aromatic rings. The second-order valence-electron chi connectivity index (χ2n) is 4.90. The Labute approximate surface area is 128 Å². The van der Waals surface area contributed by atoms with Crippen LogP contribution in [0.4, 0.5) is 0 Å². The van der Waals surface area contributed by atoms with Crippen molar-refractivity contribution in [2.24, 2.45) is 0 Å². The third-order valence-corrected chi connectivity index (χ3v) is 4.29. The van der Waals surface area contributed by atoms with Crippen LogP contribution >= 0.6 is 11.8 Å². The van der Waals surface area contributed by atoms with E-state index in [-0.39, 0.29) is 18.2 Å². The number of benzene rings is 1. The Morgan fingerprint density at radius 2 is 2.05 bits per heavy atom. The number of carbonyl (C=O) groups excluding carboxylic acids is 3. The first-order valence-electron chi connectivity index (χ1n) is 6.83. The molecule has 1 N–H and O–H groups in total. The number of thioether (sulfide) groups is 1. The topological polar surface area (TPSA) is 66.5 Å². The molecular formula is C15H18N2O3S. The molecule has 1 aromatic carbocycles. The van der Waals surface area contributed by atoms with Crippen LogP contribution in [0.15, 0.2) is 30.3 Å². The number of hydrogen-bond acceptors (Lipinski definition) is 4. The lowest BCUT2D eigenvalue weighted by Crippen LogP contribution is -2.59. The quantitative estimate of drug-likeness (QED) is 0.646. The number of nitrogens with one attached hydrogen (secondary N) is 1. The Bertz CT molecular complexity index is 533. The molecule has 21 heavy (non-hydrogen) atoms. The maximum absolute atomic E-state index is 12.1. The zero-order chi connectivity index (χ0) is 15.2. The number of nitrogens with zero attached hydrogens (tertiary/aromatic N) is 1. The van der Waals surface area contributed by atoms with Crippen molar-refractivity contribution in [2.45, 2.75) is 19.4 Å². The molecule has 0 aliphatic carbocycles. The van der Waals surface area contributed by atoms with Crippen molar-refractivity contribution in [2.75, 3.05) is 18.1 Å². The van der Waals surface area contributed by atoms with Crippen LogP contribution in [0.1, 0.15) is 12.5 Å². The molecule has 1 unspecified atom stereocenters. The van der Waals surface area contributed by atoms with Crippen LogP contribution in [0, 0.1) is 0 Å². The SMILES string of the molecule is CC1C(=O)NC(=O)CN1C(=O)CSCCc1ccccc1. The molecule has 1 fully saturated rings. The Kier molecular flexibility index (Phi) is 5.38. The van der Waals surface area contributed by atoms with Crippen LogP contribution in [-0.4, -0.2) is 46.7 Å². The summed E-state index contributed by atoms with van der Waals surface area (Å²) in [6.45, 7) is 1.60. The van der Waals surface area contributed by atoms with Gasteiger partial charge in [0.2, 0.25) is 17.7 Å². The number of hydrogen-bond donors (Lipinski definition) is 1. The van der Waals surface area contributed by atoms with E-state index in [2.05, 4.69) is 17.4 Å². The zero-order valence-corrected chi connectivity index (χ0v) is 12.7. The van der Waals surface area contributed by atoms with Crippen LogP contribution in [0.3, 0.4) is 0 Å². The largest absolute Gasteiger partial charge is 0.321 e. The number of rotatable bonds is 5. The number of imide groups is 1. The molecule has 0 radical (unpaired) electrons. The van der Waals surface area contributed by atoms with Gasteiger partial charge in [0.05, 0.1) is 5.75 Å². The van der Waals surface area contributed by atoms with Crippen molar-refractivity contribution >= 4 is 29.5 Å². The minimum absolute atomic E-state index is 0.0367. The Hall–Kier alpha value is -1.82. The molecule has 1 heterocycles. The molecule has 0 bridgehead atoms. The monoisotopic (exact) mass is 306 g/mol. The van der Waals surface area contributed by atoms with Gasteiger partial charge in [0, 0.05) is 0 Å². The summed E-state index contributed by atoms with van der Waals surface area (Å²) >= 11 is 1.52. The van der Waals surface area contributed by atoms with Crippen molar-refractivity contribution in [3.05, 3.63) is 35.9 Å². The fourth-order valence-corrected chi connectivity index (χ4v) is 2.96. The average Bonchev–Trinajstić information content (AvgIpc) is 2.48. The molecule has 3 amide bonds. The highest BCUT2D eigenvalue weighted by molar-refractivity contribution is 7.99. The van der Waals surface area contributed by atoms with Gasteiger partial charge in [-0.25, -0.2) is 0 Å². The number of amides is 3. The van der Waals surface area contributed by atoms with E-state index in [9.17, 15) is 14.4 Å². The highest BCUT2D eigenvalue weighted by Gasteiger charge is 2.33. The molecule has 2 rings (SSSR count). The summed E-state index contributed by atoms with van der Waals surface area (Å²) in [7, 11) is 0. The normalized spacial score (nSPS) is 18.5. The number of aryl methyl sites for hydroxylation is 1. The second kappa shape index (κ2) is 7.26. The average molecular weight is 306 g/mol. The van der Waals surface area contributed by atoms with Crippen molar-refractivity contribution in [1.82, 2.24) is 10.2 Å². The fraction of sp³-hybridized carbons (Fsp3) is 0.400. The Morgan fingerprint density at radius 1 is 1.33 bits per heavy atom. The summed E-state index contributed by atoms with van der Waals surface area (Å²) < 4.78 is 0. The van der Waals surface area contributed by atoms with E-state index in [1.807, 2.05) is 18.2 Å². The van der Waals surface area contributed by atoms with Crippen molar-refractivity contribution in [1.29, 1.82) is 0 Å². The lowest BCUT2D eigenvalue weighted by Gasteiger charge is -2.31. The molecule has 1 aliphatic rings. The number of piperazine rings is 1. The van der Waals surface area contributed by atoms with E-state index in [1.165, 1.54) is 22.2 Å². The minimum atomic E-state index is -0.579. The van der Waals surface area contributed by atoms with Crippen LogP contribution in [0.2, 0.25) is 0 Å². The fourth-order valence-electron chi connectivity index (χ4n) is 2.10. The maximum atomic E-state index is 12.1. The van der Waals surface area contributed by atoms with Gasteiger partial charge in [-0.2, -0.15) is 11.8 Å². The third kappa shape index (κ3) is 4.32. The van der Waals surface area contributed by atoms with Crippen LogP contribution in [0.25, 0.3) is 0 Å². The van der Waals surface area contributed by atoms with Crippen molar-refractivity contribution < 1.29 is 14.4 Å². The van der Waals surface area contributed by atoms with E-state index in [4.69, 9.17) is 0 Å². The predicted molar refractivity (Wildman–Crippen MR) is 81.8 cm³/mol. The van der Waals surface area contributed by atoms with E-state index in [0.717, 1.165) is 12.2 Å². The summed E-state index contributed by atoms with van der Waals surface area (Å²) in [5, 5.41) is 2.22. The van der Waals surface area contributed by atoms with Crippen LogP contribution in [-0.2, 0) is 20.8 Å². The van der Waals surface area contributed by atoms with Gasteiger partial charge in [0.1, 0.15) is 12.6 Å². The summed E-state index contributed by atoms with van der Waals surface area (Å²) in [4.78, 5) is 36.2. The Balaban J connectivity index is 1.76. The molecule has 0 spiro atoms. The van der Waals surface area contributed by atoms with Gasteiger partial charge in [-0.3, -0.25) is 19.7 Å². The first-order chi connectivity index (χ1) is 10.1. The van der Waals surface area contributed by atoms with E-state index in [0.29, 0.717) is 0 Å². The first kappa shape index (κ1) is 15.6. The van der Waals surface area contributed by atoms with Gasteiger partial charge < -0.3 is 4.90 Å². The van der Waals surface area contributed by atoms with Gasteiger partial charge >= 0.3 is 0 Å². The lowest BCUT2D eigenvalue weighted by atomic mass is 10.2. The zero-order valence-electron chi connectivity index (χ0n) is 11.9. The second-order valence-corrected chi connectivity index (χ2v) is 6.00. The van der Waals surface area contributed by atoms with Crippen LogP contribution in [0.5, 0.6) is 0 Å². The highest BCUT2D eigenvalue weighted by Crippen LogP contribution is 2.11. The molecule has 1 atom stereocenters. The summed E-state index contributed by atoms with van der Waals surface area (Å²) in [6.07, 6.45) is 0.897. The summed E-state index contributed by atoms with van der Waals surface area (Å²) in [6, 6.07) is 9.48.